The molecule has 0 fully saturated rings. The predicted molar refractivity (Wildman–Crippen MR) is 76.3 cm³/mol. The maximum atomic E-state index is 10.8. The lowest BCUT2D eigenvalue weighted by Crippen LogP contribution is -2.00. The summed E-state index contributed by atoms with van der Waals surface area (Å²) < 4.78 is 6.62. The Hall–Kier alpha value is -1.88. The largest absolute Gasteiger partial charge is 0.488 e. The number of rotatable bonds is 4. The third kappa shape index (κ3) is 3.12. The second-order valence-electron chi connectivity index (χ2n) is 4.04. The summed E-state index contributed by atoms with van der Waals surface area (Å²) in [5.41, 5.74) is 1.61. The van der Waals surface area contributed by atoms with Gasteiger partial charge in [-0.05, 0) is 19.1 Å². The van der Waals surface area contributed by atoms with E-state index in [9.17, 15) is 10.1 Å². The molecule has 19 heavy (non-hydrogen) atoms. The smallest absolute Gasteiger partial charge is 0.276 e. The SMILES string of the molecule is Cc1c(OCc2ccccc2Br)cccc1[N+](=O)[O-]. The molecule has 98 valence electrons. The first kappa shape index (κ1) is 13.5. The second-order valence-corrected chi connectivity index (χ2v) is 4.89. The second kappa shape index (κ2) is 5.84. The van der Waals surface area contributed by atoms with Crippen LogP contribution in [0.4, 0.5) is 5.69 Å². The molecule has 2 aromatic carbocycles. The molecule has 0 amide bonds. The summed E-state index contributed by atoms with van der Waals surface area (Å²) in [6.45, 7) is 2.05. The average Bonchev–Trinajstić information content (AvgIpc) is 2.39. The Morgan fingerprint density at radius 1 is 1.21 bits per heavy atom. The summed E-state index contributed by atoms with van der Waals surface area (Å²) >= 11 is 3.44. The van der Waals surface area contributed by atoms with Crippen LogP contribution in [-0.4, -0.2) is 4.92 Å². The Morgan fingerprint density at radius 3 is 2.63 bits per heavy atom. The molecule has 0 aromatic heterocycles. The summed E-state index contributed by atoms with van der Waals surface area (Å²) in [6, 6.07) is 12.5. The minimum atomic E-state index is -0.402. The first-order chi connectivity index (χ1) is 9.09. The number of nitro benzene ring substituents is 1. The van der Waals surface area contributed by atoms with Crippen LogP contribution in [0.5, 0.6) is 5.75 Å². The molecule has 2 aromatic rings. The van der Waals surface area contributed by atoms with Gasteiger partial charge >= 0.3 is 0 Å². The molecule has 0 spiro atoms. The number of hydrogen-bond acceptors (Lipinski definition) is 3. The quantitative estimate of drug-likeness (QED) is 0.625. The van der Waals surface area contributed by atoms with Crippen LogP contribution in [0.2, 0.25) is 0 Å². The zero-order valence-electron chi connectivity index (χ0n) is 10.3. The van der Waals surface area contributed by atoms with Gasteiger partial charge < -0.3 is 4.74 Å². The van der Waals surface area contributed by atoms with Crippen molar-refractivity contribution in [2.24, 2.45) is 0 Å². The van der Waals surface area contributed by atoms with E-state index in [1.807, 2.05) is 24.3 Å². The van der Waals surface area contributed by atoms with Crippen molar-refractivity contribution in [3.8, 4) is 5.75 Å². The van der Waals surface area contributed by atoms with E-state index >= 15 is 0 Å². The zero-order chi connectivity index (χ0) is 13.8. The molecule has 0 saturated carbocycles. The monoisotopic (exact) mass is 321 g/mol. The molecule has 4 nitrogen and oxygen atoms in total. The minimum Gasteiger partial charge on any atom is -0.488 e. The van der Waals surface area contributed by atoms with Gasteiger partial charge in [0.2, 0.25) is 0 Å². The fraction of sp³-hybridized carbons (Fsp3) is 0.143. The lowest BCUT2D eigenvalue weighted by atomic mass is 10.2. The summed E-state index contributed by atoms with van der Waals surface area (Å²) in [5, 5.41) is 10.8. The van der Waals surface area contributed by atoms with Gasteiger partial charge in [-0.3, -0.25) is 10.1 Å². The summed E-state index contributed by atoms with van der Waals surface area (Å²) in [4.78, 5) is 10.4. The number of nitrogens with zero attached hydrogens (tertiary/aromatic N) is 1. The Morgan fingerprint density at radius 2 is 1.95 bits per heavy atom. The zero-order valence-corrected chi connectivity index (χ0v) is 11.9. The molecular formula is C14H12BrNO3. The molecule has 0 unspecified atom stereocenters. The van der Waals surface area contributed by atoms with Crippen LogP contribution in [0, 0.1) is 17.0 Å². The first-order valence-corrected chi connectivity index (χ1v) is 6.49. The lowest BCUT2D eigenvalue weighted by molar-refractivity contribution is -0.385. The number of halogens is 1. The molecule has 0 aliphatic heterocycles. The highest BCUT2D eigenvalue weighted by Gasteiger charge is 2.14. The number of nitro groups is 1. The van der Waals surface area contributed by atoms with Crippen LogP contribution in [0.1, 0.15) is 11.1 Å². The van der Waals surface area contributed by atoms with Crippen molar-refractivity contribution in [1.82, 2.24) is 0 Å². The van der Waals surface area contributed by atoms with Crippen molar-refractivity contribution in [1.29, 1.82) is 0 Å². The first-order valence-electron chi connectivity index (χ1n) is 5.70. The van der Waals surface area contributed by atoms with E-state index in [2.05, 4.69) is 15.9 Å². The molecule has 0 saturated heterocycles. The molecule has 0 aliphatic rings. The average molecular weight is 322 g/mol. The van der Waals surface area contributed by atoms with E-state index in [0.717, 1.165) is 10.0 Å². The Balaban J connectivity index is 2.19. The highest BCUT2D eigenvalue weighted by molar-refractivity contribution is 9.10. The third-order valence-corrected chi connectivity index (χ3v) is 3.57. The van der Waals surface area contributed by atoms with Gasteiger partial charge in [0, 0.05) is 16.1 Å². The topological polar surface area (TPSA) is 52.4 Å². The van der Waals surface area contributed by atoms with Crippen molar-refractivity contribution < 1.29 is 9.66 Å². The molecule has 0 atom stereocenters. The Kier molecular flexibility index (Phi) is 4.16. The standard InChI is InChI=1S/C14H12BrNO3/c1-10-13(16(17)18)7-4-8-14(10)19-9-11-5-2-3-6-12(11)15/h2-8H,9H2,1H3. The summed E-state index contributed by atoms with van der Waals surface area (Å²) in [7, 11) is 0. The van der Waals surface area contributed by atoms with Gasteiger partial charge in [-0.15, -0.1) is 0 Å². The van der Waals surface area contributed by atoms with E-state index in [1.54, 1.807) is 19.1 Å². The minimum absolute atomic E-state index is 0.0737. The van der Waals surface area contributed by atoms with Crippen LogP contribution >= 0.6 is 15.9 Å². The lowest BCUT2D eigenvalue weighted by Gasteiger charge is -2.10. The van der Waals surface area contributed by atoms with Crippen LogP contribution in [0.25, 0.3) is 0 Å². The van der Waals surface area contributed by atoms with Gasteiger partial charge in [-0.2, -0.15) is 0 Å². The van der Waals surface area contributed by atoms with Gasteiger partial charge in [0.25, 0.3) is 5.69 Å². The normalized spacial score (nSPS) is 10.2. The number of ether oxygens (including phenoxy) is 1. The van der Waals surface area contributed by atoms with Gasteiger partial charge in [0.05, 0.1) is 10.5 Å². The maximum Gasteiger partial charge on any atom is 0.276 e. The van der Waals surface area contributed by atoms with Crippen molar-refractivity contribution >= 4 is 21.6 Å². The Bertz CT molecular complexity index is 613. The van der Waals surface area contributed by atoms with E-state index in [4.69, 9.17) is 4.74 Å². The van der Waals surface area contributed by atoms with Crippen LogP contribution in [-0.2, 0) is 6.61 Å². The van der Waals surface area contributed by atoms with Crippen molar-refractivity contribution in [3.63, 3.8) is 0 Å². The molecule has 2 rings (SSSR count). The predicted octanol–water partition coefficient (Wildman–Crippen LogP) is 4.24. The van der Waals surface area contributed by atoms with Crippen molar-refractivity contribution in [2.75, 3.05) is 0 Å². The fourth-order valence-corrected chi connectivity index (χ4v) is 2.13. The van der Waals surface area contributed by atoms with Gasteiger partial charge in [-0.1, -0.05) is 40.2 Å². The fourth-order valence-electron chi connectivity index (χ4n) is 1.73. The highest BCUT2D eigenvalue weighted by atomic mass is 79.9. The summed E-state index contributed by atoms with van der Waals surface area (Å²) in [6.07, 6.45) is 0. The molecule has 0 bridgehead atoms. The number of hydrogen-bond donors (Lipinski definition) is 0. The third-order valence-electron chi connectivity index (χ3n) is 2.79. The number of benzene rings is 2. The van der Waals surface area contributed by atoms with E-state index in [1.165, 1.54) is 6.07 Å². The molecule has 5 heteroatoms. The van der Waals surface area contributed by atoms with Gasteiger partial charge in [0.1, 0.15) is 12.4 Å². The Labute approximate surface area is 119 Å². The van der Waals surface area contributed by atoms with E-state index < -0.39 is 4.92 Å². The maximum absolute atomic E-state index is 10.8. The molecular weight excluding hydrogens is 310 g/mol. The molecule has 0 N–H and O–H groups in total. The van der Waals surface area contributed by atoms with Crippen LogP contribution < -0.4 is 4.74 Å². The highest BCUT2D eigenvalue weighted by Crippen LogP contribution is 2.28. The molecule has 0 heterocycles. The van der Waals surface area contributed by atoms with Gasteiger partial charge in [0.15, 0.2) is 0 Å². The van der Waals surface area contributed by atoms with Gasteiger partial charge in [-0.25, -0.2) is 0 Å². The summed E-state index contributed by atoms with van der Waals surface area (Å²) in [5.74, 6) is 0.532. The van der Waals surface area contributed by atoms with Crippen LogP contribution in [0.3, 0.4) is 0 Å². The van der Waals surface area contributed by atoms with E-state index in [0.29, 0.717) is 17.9 Å². The van der Waals surface area contributed by atoms with Crippen molar-refractivity contribution in [2.45, 2.75) is 13.5 Å². The van der Waals surface area contributed by atoms with Crippen molar-refractivity contribution in [3.05, 3.63) is 68.2 Å². The molecule has 0 radical (unpaired) electrons. The van der Waals surface area contributed by atoms with E-state index in [-0.39, 0.29) is 5.69 Å². The van der Waals surface area contributed by atoms with Crippen LogP contribution in [0.15, 0.2) is 46.9 Å². The molecule has 0 aliphatic carbocycles.